The van der Waals surface area contributed by atoms with Gasteiger partial charge in [-0.05, 0) is 3.93 Å². The molecule has 2 atom stereocenters. The topological polar surface area (TPSA) is 84.2 Å². The van der Waals surface area contributed by atoms with Crippen LogP contribution in [0.25, 0.3) is 0 Å². The summed E-state index contributed by atoms with van der Waals surface area (Å²) in [7, 11) is 0. The zero-order chi connectivity index (χ0) is 11.5. The second kappa shape index (κ2) is 4.63. The molecular formula is C9H10IN3O2. The van der Waals surface area contributed by atoms with Gasteiger partial charge in [0.05, 0.1) is 5.92 Å². The highest BCUT2D eigenvalue weighted by atomic mass is 127. The van der Waals surface area contributed by atoms with Crippen LogP contribution in [0.4, 0.5) is 4.79 Å². The summed E-state index contributed by atoms with van der Waals surface area (Å²) in [6, 6.07) is -0.549. The first-order valence-corrected chi connectivity index (χ1v) is 5.26. The van der Waals surface area contributed by atoms with Crippen LogP contribution in [0.5, 0.6) is 0 Å². The van der Waals surface area contributed by atoms with E-state index in [0.29, 0.717) is 0 Å². The Morgan fingerprint density at radius 1 is 1.67 bits per heavy atom. The first-order chi connectivity index (χ1) is 7.10. The van der Waals surface area contributed by atoms with E-state index in [9.17, 15) is 9.59 Å². The first-order valence-electron chi connectivity index (χ1n) is 4.18. The lowest BCUT2D eigenvalue weighted by Gasteiger charge is -2.27. The summed E-state index contributed by atoms with van der Waals surface area (Å²) in [5.74, 6) is 1.83. The molecule has 0 spiro atoms. The minimum atomic E-state index is -1.18. The minimum Gasteiger partial charge on any atom is -0.328 e. The molecule has 5 nitrogen and oxygen atoms in total. The largest absolute Gasteiger partial charge is 0.328 e. The SMILES string of the molecule is C=CC(C#CI)C1(CN)NC(=O)NC1=O. The van der Waals surface area contributed by atoms with Gasteiger partial charge in [0.1, 0.15) is 0 Å². The van der Waals surface area contributed by atoms with Crippen molar-refractivity contribution < 1.29 is 9.59 Å². The molecule has 3 amide bonds. The average Bonchev–Trinajstić information content (AvgIpc) is 2.51. The number of urea groups is 1. The Morgan fingerprint density at radius 3 is 2.67 bits per heavy atom. The van der Waals surface area contributed by atoms with E-state index in [1.54, 1.807) is 0 Å². The standard InChI is InChI=1S/C9H10IN3O2/c1-2-6(3-4-10)9(5-11)7(14)12-8(15)13-9/h2,6H,1,5,11H2,(H2,12,13,14,15). The smallest absolute Gasteiger partial charge is 0.322 e. The Morgan fingerprint density at radius 2 is 2.33 bits per heavy atom. The fourth-order valence-corrected chi connectivity index (χ4v) is 1.77. The lowest BCUT2D eigenvalue weighted by molar-refractivity contribution is -0.124. The molecule has 1 aliphatic heterocycles. The van der Waals surface area contributed by atoms with Gasteiger partial charge in [-0.2, -0.15) is 0 Å². The van der Waals surface area contributed by atoms with Crippen molar-refractivity contribution in [2.24, 2.45) is 11.7 Å². The van der Waals surface area contributed by atoms with Crippen LogP contribution in [0.3, 0.4) is 0 Å². The van der Waals surface area contributed by atoms with E-state index in [4.69, 9.17) is 5.73 Å². The van der Waals surface area contributed by atoms with Crippen molar-refractivity contribution in [2.75, 3.05) is 6.54 Å². The van der Waals surface area contributed by atoms with Crippen LogP contribution in [0.15, 0.2) is 12.7 Å². The third-order valence-corrected chi connectivity index (χ3v) is 2.58. The molecule has 1 fully saturated rings. The van der Waals surface area contributed by atoms with Crippen molar-refractivity contribution in [3.05, 3.63) is 12.7 Å². The number of rotatable bonds is 3. The Balaban J connectivity index is 3.11. The van der Waals surface area contributed by atoms with Crippen LogP contribution >= 0.6 is 22.6 Å². The van der Waals surface area contributed by atoms with Gasteiger partial charge in [-0.15, -0.1) is 6.58 Å². The third kappa shape index (κ3) is 1.98. The van der Waals surface area contributed by atoms with Gasteiger partial charge in [-0.1, -0.05) is 12.0 Å². The average molecular weight is 319 g/mol. The molecule has 1 saturated heterocycles. The van der Waals surface area contributed by atoms with E-state index in [0.717, 1.165) is 0 Å². The minimum absolute atomic E-state index is 0.0213. The molecule has 15 heavy (non-hydrogen) atoms. The molecule has 80 valence electrons. The number of halogens is 1. The Bertz CT molecular complexity index is 371. The predicted octanol–water partition coefficient (Wildman–Crippen LogP) is -0.279. The van der Waals surface area contributed by atoms with E-state index in [1.807, 2.05) is 22.6 Å². The molecular weight excluding hydrogens is 309 g/mol. The number of amides is 3. The molecule has 0 aromatic carbocycles. The van der Waals surface area contributed by atoms with Gasteiger partial charge >= 0.3 is 6.03 Å². The van der Waals surface area contributed by atoms with Crippen molar-refractivity contribution in [1.82, 2.24) is 10.6 Å². The van der Waals surface area contributed by atoms with Crippen molar-refractivity contribution in [3.63, 3.8) is 0 Å². The summed E-state index contributed by atoms with van der Waals surface area (Å²) in [6.45, 7) is 3.56. The summed E-state index contributed by atoms with van der Waals surface area (Å²) in [5, 5.41) is 4.65. The Kier molecular flexibility index (Phi) is 3.71. The molecule has 6 heteroatoms. The van der Waals surface area contributed by atoms with Crippen molar-refractivity contribution in [1.29, 1.82) is 0 Å². The second-order valence-electron chi connectivity index (χ2n) is 3.04. The highest BCUT2D eigenvalue weighted by Crippen LogP contribution is 2.21. The number of imide groups is 1. The summed E-state index contributed by atoms with van der Waals surface area (Å²) in [4.78, 5) is 22.7. The third-order valence-electron chi connectivity index (χ3n) is 2.27. The Hall–Kier alpha value is -1.07. The van der Waals surface area contributed by atoms with Crippen molar-refractivity contribution in [3.8, 4) is 9.85 Å². The molecule has 0 aliphatic carbocycles. The molecule has 0 radical (unpaired) electrons. The van der Waals surface area contributed by atoms with E-state index in [-0.39, 0.29) is 6.54 Å². The number of carbonyl (C=O) groups is 2. The van der Waals surface area contributed by atoms with Gasteiger partial charge < -0.3 is 11.1 Å². The number of carbonyl (C=O) groups excluding carboxylic acids is 2. The van der Waals surface area contributed by atoms with E-state index in [2.05, 4.69) is 27.1 Å². The maximum absolute atomic E-state index is 11.6. The normalized spacial score (nSPS) is 26.0. The molecule has 0 bridgehead atoms. The molecule has 0 aromatic rings. The number of hydrogen-bond donors (Lipinski definition) is 3. The lowest BCUT2D eigenvalue weighted by atomic mass is 9.84. The van der Waals surface area contributed by atoms with Gasteiger partial charge in [-0.3, -0.25) is 10.1 Å². The fraction of sp³-hybridized carbons (Fsp3) is 0.333. The molecule has 1 heterocycles. The summed E-state index contributed by atoms with van der Waals surface area (Å²) >= 11 is 1.85. The van der Waals surface area contributed by atoms with E-state index >= 15 is 0 Å². The summed E-state index contributed by atoms with van der Waals surface area (Å²) in [6.07, 6.45) is 1.50. The van der Waals surface area contributed by atoms with Crippen LogP contribution in [0, 0.1) is 15.8 Å². The first kappa shape index (κ1) is 12.0. The van der Waals surface area contributed by atoms with Gasteiger partial charge in [0.2, 0.25) is 0 Å². The van der Waals surface area contributed by atoms with Crippen LogP contribution < -0.4 is 16.4 Å². The van der Waals surface area contributed by atoms with Crippen LogP contribution in [0.2, 0.25) is 0 Å². The van der Waals surface area contributed by atoms with Gasteiger partial charge in [0.15, 0.2) is 5.54 Å². The van der Waals surface area contributed by atoms with Gasteiger partial charge in [0.25, 0.3) is 5.91 Å². The monoisotopic (exact) mass is 319 g/mol. The summed E-state index contributed by atoms with van der Waals surface area (Å²) < 4.78 is 2.65. The second-order valence-corrected chi connectivity index (χ2v) is 3.58. The van der Waals surface area contributed by atoms with Crippen molar-refractivity contribution in [2.45, 2.75) is 5.54 Å². The zero-order valence-corrected chi connectivity index (χ0v) is 10.00. The van der Waals surface area contributed by atoms with Crippen molar-refractivity contribution >= 4 is 34.5 Å². The van der Waals surface area contributed by atoms with Crippen LogP contribution in [-0.4, -0.2) is 24.0 Å². The number of nitrogens with one attached hydrogen (secondary N) is 2. The zero-order valence-electron chi connectivity index (χ0n) is 7.84. The molecule has 0 aromatic heterocycles. The number of nitrogens with two attached hydrogens (primary N) is 1. The fourth-order valence-electron chi connectivity index (χ4n) is 1.44. The van der Waals surface area contributed by atoms with Crippen LogP contribution in [-0.2, 0) is 4.79 Å². The van der Waals surface area contributed by atoms with Gasteiger partial charge in [-0.25, -0.2) is 4.79 Å². The summed E-state index contributed by atoms with van der Waals surface area (Å²) in [5.41, 5.74) is 4.35. The maximum atomic E-state index is 11.6. The molecule has 4 N–H and O–H groups in total. The number of hydrogen-bond acceptors (Lipinski definition) is 3. The molecule has 1 rings (SSSR count). The molecule has 0 saturated carbocycles. The van der Waals surface area contributed by atoms with Gasteiger partial charge in [0, 0.05) is 29.1 Å². The quantitative estimate of drug-likeness (QED) is 0.290. The van der Waals surface area contributed by atoms with E-state index < -0.39 is 23.4 Å². The van der Waals surface area contributed by atoms with E-state index in [1.165, 1.54) is 6.08 Å². The molecule has 2 unspecified atom stereocenters. The maximum Gasteiger partial charge on any atom is 0.322 e. The predicted molar refractivity (Wildman–Crippen MR) is 63.9 cm³/mol. The highest BCUT2D eigenvalue weighted by molar-refractivity contribution is 14.1. The lowest BCUT2D eigenvalue weighted by Crippen LogP contribution is -2.57. The molecule has 1 aliphatic rings. The highest BCUT2D eigenvalue weighted by Gasteiger charge is 2.49. The van der Waals surface area contributed by atoms with Crippen LogP contribution in [0.1, 0.15) is 0 Å². The Labute approximate surface area is 101 Å².